The molecule has 7 heteroatoms. The number of aromatic nitrogens is 3. The molecule has 4 aromatic rings. The molecule has 0 bridgehead atoms. The van der Waals surface area contributed by atoms with E-state index in [0.29, 0.717) is 18.2 Å². The molecule has 33 heavy (non-hydrogen) atoms. The summed E-state index contributed by atoms with van der Waals surface area (Å²) in [5.74, 6) is 0.910. The lowest BCUT2D eigenvalue weighted by Gasteiger charge is -2.16. The molecule has 3 heterocycles. The van der Waals surface area contributed by atoms with Crippen molar-refractivity contribution in [3.05, 3.63) is 89.4 Å². The van der Waals surface area contributed by atoms with Crippen LogP contribution in [0.15, 0.2) is 66.9 Å². The van der Waals surface area contributed by atoms with E-state index in [4.69, 9.17) is 4.74 Å². The van der Waals surface area contributed by atoms with E-state index in [1.807, 2.05) is 42.6 Å². The molecule has 1 aliphatic heterocycles. The highest BCUT2D eigenvalue weighted by atomic mass is 16.5. The van der Waals surface area contributed by atoms with Crippen LogP contribution in [0.25, 0.3) is 10.9 Å². The van der Waals surface area contributed by atoms with Gasteiger partial charge < -0.3 is 10.1 Å². The number of hydrogen-bond donors (Lipinski definition) is 2. The van der Waals surface area contributed by atoms with Crippen molar-refractivity contribution in [1.82, 2.24) is 25.4 Å². The minimum Gasteiger partial charge on any atom is -0.496 e. The van der Waals surface area contributed by atoms with E-state index >= 15 is 0 Å². The molecular weight excluding hydrogens is 414 g/mol. The zero-order chi connectivity index (χ0) is 22.6. The quantitative estimate of drug-likeness (QED) is 0.455. The molecule has 5 rings (SSSR count). The van der Waals surface area contributed by atoms with Crippen LogP contribution in [0.3, 0.4) is 0 Å². The Labute approximate surface area is 192 Å². The Balaban J connectivity index is 1.18. The molecule has 0 radical (unpaired) electrons. The number of likely N-dealkylation sites (tertiary alicyclic amines) is 1. The van der Waals surface area contributed by atoms with Crippen LogP contribution >= 0.6 is 0 Å². The summed E-state index contributed by atoms with van der Waals surface area (Å²) in [6.45, 7) is 3.25. The van der Waals surface area contributed by atoms with Crippen molar-refractivity contribution in [2.75, 3.05) is 20.2 Å². The Hall–Kier alpha value is -3.71. The molecule has 0 spiro atoms. The van der Waals surface area contributed by atoms with Gasteiger partial charge in [0.1, 0.15) is 11.4 Å². The molecule has 0 saturated carbocycles. The molecule has 1 saturated heterocycles. The summed E-state index contributed by atoms with van der Waals surface area (Å²) in [5.41, 5.74) is 4.68. The van der Waals surface area contributed by atoms with Crippen LogP contribution in [-0.2, 0) is 13.1 Å². The summed E-state index contributed by atoms with van der Waals surface area (Å²) < 4.78 is 5.35. The number of carbonyl (C=O) groups excluding carboxylic acids is 1. The van der Waals surface area contributed by atoms with Crippen molar-refractivity contribution in [2.45, 2.75) is 25.4 Å². The number of hydrogen-bond acceptors (Lipinski definition) is 5. The standard InChI is InChI=1S/C26H27N5O2/c1-33-25-7-3-2-5-20(25)15-28-26(32)24-14-23(29-30-24)21-10-12-31(17-21)16-18-8-9-22-19(13-18)6-4-11-27-22/h2-9,11,13-14,21H,10,12,15-17H2,1H3,(H,28,32)(H,29,30)/t21-/m1/s1. The number of amides is 1. The van der Waals surface area contributed by atoms with Gasteiger partial charge in [-0.2, -0.15) is 5.10 Å². The maximum atomic E-state index is 12.6. The predicted molar refractivity (Wildman–Crippen MR) is 127 cm³/mol. The number of benzene rings is 2. The lowest BCUT2D eigenvalue weighted by Crippen LogP contribution is -2.23. The summed E-state index contributed by atoms with van der Waals surface area (Å²) in [6.07, 6.45) is 2.87. The molecule has 0 aliphatic carbocycles. The molecule has 2 aromatic heterocycles. The maximum absolute atomic E-state index is 12.6. The van der Waals surface area contributed by atoms with Crippen LogP contribution in [0.4, 0.5) is 0 Å². The fourth-order valence-electron chi connectivity index (χ4n) is 4.49. The molecule has 168 valence electrons. The Morgan fingerprint density at radius 1 is 1.18 bits per heavy atom. The zero-order valence-electron chi connectivity index (χ0n) is 18.6. The average molecular weight is 442 g/mol. The normalized spacial score (nSPS) is 16.2. The third-order valence-corrected chi connectivity index (χ3v) is 6.25. The summed E-state index contributed by atoms with van der Waals surface area (Å²) in [4.78, 5) is 19.5. The van der Waals surface area contributed by atoms with Gasteiger partial charge in [-0.15, -0.1) is 0 Å². The van der Waals surface area contributed by atoms with E-state index in [0.717, 1.165) is 48.6 Å². The van der Waals surface area contributed by atoms with Gasteiger partial charge in [-0.1, -0.05) is 30.3 Å². The van der Waals surface area contributed by atoms with Crippen molar-refractivity contribution in [3.8, 4) is 5.75 Å². The van der Waals surface area contributed by atoms with Crippen molar-refractivity contribution in [3.63, 3.8) is 0 Å². The minimum absolute atomic E-state index is 0.192. The van der Waals surface area contributed by atoms with E-state index in [1.54, 1.807) is 7.11 Å². The molecule has 2 N–H and O–H groups in total. The fourth-order valence-corrected chi connectivity index (χ4v) is 4.49. The first kappa shape index (κ1) is 21.2. The van der Waals surface area contributed by atoms with Gasteiger partial charge >= 0.3 is 0 Å². The number of H-pyrrole nitrogens is 1. The number of ether oxygens (including phenoxy) is 1. The molecule has 1 aliphatic rings. The van der Waals surface area contributed by atoms with Crippen molar-refractivity contribution in [1.29, 1.82) is 0 Å². The van der Waals surface area contributed by atoms with Crippen LogP contribution in [0, 0.1) is 0 Å². The van der Waals surface area contributed by atoms with Crippen LogP contribution in [0.5, 0.6) is 5.75 Å². The van der Waals surface area contributed by atoms with Gasteiger partial charge in [0, 0.05) is 48.4 Å². The maximum Gasteiger partial charge on any atom is 0.272 e. The van der Waals surface area contributed by atoms with E-state index in [2.05, 4.69) is 49.7 Å². The van der Waals surface area contributed by atoms with Crippen LogP contribution < -0.4 is 10.1 Å². The minimum atomic E-state index is -0.192. The number of carbonyl (C=O) groups is 1. The summed E-state index contributed by atoms with van der Waals surface area (Å²) in [5, 5.41) is 11.5. The molecular formula is C26H27N5O2. The fraction of sp³-hybridized carbons (Fsp3) is 0.269. The number of fused-ring (bicyclic) bond motifs is 1. The van der Waals surface area contributed by atoms with Gasteiger partial charge in [0.15, 0.2) is 0 Å². The van der Waals surface area contributed by atoms with Crippen LogP contribution in [0.1, 0.15) is 39.6 Å². The highest BCUT2D eigenvalue weighted by Gasteiger charge is 2.26. The Kier molecular flexibility index (Phi) is 6.04. The first-order valence-corrected chi connectivity index (χ1v) is 11.2. The number of pyridine rings is 1. The number of methoxy groups -OCH3 is 1. The lowest BCUT2D eigenvalue weighted by atomic mass is 10.0. The summed E-state index contributed by atoms with van der Waals surface area (Å²) >= 11 is 0. The smallest absolute Gasteiger partial charge is 0.272 e. The third-order valence-electron chi connectivity index (χ3n) is 6.25. The predicted octanol–water partition coefficient (Wildman–Crippen LogP) is 3.89. The average Bonchev–Trinajstić information content (AvgIpc) is 3.52. The number of nitrogens with one attached hydrogen (secondary N) is 2. The Bertz CT molecular complexity index is 1270. The molecule has 2 aromatic carbocycles. The van der Waals surface area contributed by atoms with Gasteiger partial charge in [-0.3, -0.25) is 19.8 Å². The van der Waals surface area contributed by atoms with Crippen molar-refractivity contribution >= 4 is 16.8 Å². The van der Waals surface area contributed by atoms with E-state index in [1.165, 1.54) is 10.9 Å². The van der Waals surface area contributed by atoms with Crippen molar-refractivity contribution in [2.24, 2.45) is 0 Å². The molecule has 1 amide bonds. The summed E-state index contributed by atoms with van der Waals surface area (Å²) in [7, 11) is 1.63. The number of aromatic amines is 1. The second kappa shape index (κ2) is 9.42. The number of rotatable bonds is 7. The van der Waals surface area contributed by atoms with Gasteiger partial charge in [-0.25, -0.2) is 0 Å². The lowest BCUT2D eigenvalue weighted by molar-refractivity contribution is 0.0945. The number of para-hydroxylation sites is 1. The highest BCUT2D eigenvalue weighted by molar-refractivity contribution is 5.92. The second-order valence-electron chi connectivity index (χ2n) is 8.45. The topological polar surface area (TPSA) is 83.1 Å². The van der Waals surface area contributed by atoms with Crippen LogP contribution in [-0.4, -0.2) is 46.2 Å². The SMILES string of the molecule is COc1ccccc1CNC(=O)c1cc([C@@H]2CCN(Cc3ccc4ncccc4c3)C2)[nH]n1. The van der Waals surface area contributed by atoms with Gasteiger partial charge in [0.2, 0.25) is 0 Å². The third kappa shape index (κ3) is 4.73. The highest BCUT2D eigenvalue weighted by Crippen LogP contribution is 2.28. The van der Waals surface area contributed by atoms with E-state index < -0.39 is 0 Å². The Morgan fingerprint density at radius 3 is 3.00 bits per heavy atom. The second-order valence-corrected chi connectivity index (χ2v) is 8.45. The van der Waals surface area contributed by atoms with Gasteiger partial charge in [0.25, 0.3) is 5.91 Å². The monoisotopic (exact) mass is 441 g/mol. The largest absolute Gasteiger partial charge is 0.496 e. The molecule has 1 fully saturated rings. The first-order valence-electron chi connectivity index (χ1n) is 11.2. The zero-order valence-corrected chi connectivity index (χ0v) is 18.6. The molecule has 7 nitrogen and oxygen atoms in total. The molecule has 1 atom stereocenters. The number of nitrogens with zero attached hydrogens (tertiary/aromatic N) is 3. The molecule has 0 unspecified atom stereocenters. The Morgan fingerprint density at radius 2 is 2.09 bits per heavy atom. The van der Waals surface area contributed by atoms with E-state index in [9.17, 15) is 4.79 Å². The summed E-state index contributed by atoms with van der Waals surface area (Å²) in [6, 6.07) is 20.1. The van der Waals surface area contributed by atoms with Gasteiger partial charge in [0.05, 0.1) is 12.6 Å². The van der Waals surface area contributed by atoms with Crippen molar-refractivity contribution < 1.29 is 9.53 Å². The van der Waals surface area contributed by atoms with E-state index in [-0.39, 0.29) is 5.91 Å². The van der Waals surface area contributed by atoms with Crippen LogP contribution in [0.2, 0.25) is 0 Å². The van der Waals surface area contributed by atoms with Gasteiger partial charge in [-0.05, 0) is 48.9 Å². The first-order chi connectivity index (χ1) is 16.2.